The fourth-order valence-corrected chi connectivity index (χ4v) is 18.9. The Morgan fingerprint density at radius 1 is 0.164 bits per heavy atom. The lowest BCUT2D eigenvalue weighted by molar-refractivity contribution is 1.23. The normalized spacial score (nSPS) is 11.2. The molecule has 0 bridgehead atoms. The van der Waals surface area contributed by atoms with Gasteiger partial charge in [-0.1, -0.05) is 364 Å². The van der Waals surface area contributed by atoms with Gasteiger partial charge in [0.2, 0.25) is 0 Å². The van der Waals surface area contributed by atoms with E-state index in [1.807, 2.05) is 6.07 Å². The number of nitrogens with zero attached hydrogens (tertiary/aromatic N) is 2. The summed E-state index contributed by atoms with van der Waals surface area (Å²) in [7, 11) is 0. The average Bonchev–Trinajstić information content (AvgIpc) is 0.716. The maximum Gasteiger partial charge on any atom is 0.0546 e. The Labute approximate surface area is 733 Å². The van der Waals surface area contributed by atoms with Crippen molar-refractivity contribution in [3.8, 4) is 66.8 Å². The smallest absolute Gasteiger partial charge is 0.0546 e. The van der Waals surface area contributed by atoms with Crippen LogP contribution in [0.5, 0.6) is 0 Å². The Kier molecular flexibility index (Phi) is 22.5. The molecule has 0 aliphatic rings. The van der Waals surface area contributed by atoms with Crippen molar-refractivity contribution in [1.82, 2.24) is 0 Å². The van der Waals surface area contributed by atoms with Crippen LogP contribution in [-0.2, 0) is 0 Å². The molecule has 5 heteroatoms. The van der Waals surface area contributed by atoms with Crippen LogP contribution >= 0.6 is 31.9 Å². The van der Waals surface area contributed by atoms with E-state index >= 15 is 0 Å². The number of aryl methyl sites for hydroxylation is 9. The highest BCUT2D eigenvalue weighted by Crippen LogP contribution is 2.51. The first-order valence-electron chi connectivity index (χ1n) is 42.0. The van der Waals surface area contributed by atoms with Gasteiger partial charge >= 0.3 is 0 Å². The molecule has 0 amide bonds. The number of anilines is 8. The predicted molar refractivity (Wildman–Crippen MR) is 534 cm³/mol. The van der Waals surface area contributed by atoms with Crippen LogP contribution in [0.25, 0.3) is 131 Å². The fourth-order valence-electron chi connectivity index (χ4n) is 17.7. The summed E-state index contributed by atoms with van der Waals surface area (Å²) < 4.78 is 2.29. The number of nitrogens with one attached hydrogen (secondary N) is 1. The second kappa shape index (κ2) is 34.6. The lowest BCUT2D eigenvalue weighted by Crippen LogP contribution is -2.14. The van der Waals surface area contributed by atoms with Crippen LogP contribution in [0.15, 0.2) is 403 Å². The minimum atomic E-state index is 1.15. The van der Waals surface area contributed by atoms with Crippen LogP contribution in [0.3, 0.4) is 0 Å². The summed E-state index contributed by atoms with van der Waals surface area (Å²) in [6.07, 6.45) is 0. The number of hydrogen-bond acceptors (Lipinski definition) is 3. The van der Waals surface area contributed by atoms with Gasteiger partial charge in [-0.3, -0.25) is 0 Å². The number of hydrogen-bond donors (Lipinski definition) is 1. The highest BCUT2D eigenvalue weighted by atomic mass is 79.9. The summed E-state index contributed by atoms with van der Waals surface area (Å²) in [5.74, 6) is 0. The molecule has 122 heavy (non-hydrogen) atoms. The number of halogens is 2. The third kappa shape index (κ3) is 16.1. The Morgan fingerprint density at radius 2 is 0.385 bits per heavy atom. The van der Waals surface area contributed by atoms with Crippen LogP contribution in [0.2, 0.25) is 0 Å². The van der Waals surface area contributed by atoms with E-state index in [4.69, 9.17) is 0 Å². The van der Waals surface area contributed by atoms with E-state index in [9.17, 15) is 0 Å². The van der Waals surface area contributed by atoms with Crippen molar-refractivity contribution in [3.05, 3.63) is 453 Å². The first-order valence-corrected chi connectivity index (χ1v) is 43.5. The molecule has 0 aliphatic heterocycles. The highest BCUT2D eigenvalue weighted by Gasteiger charge is 2.26. The van der Waals surface area contributed by atoms with E-state index in [1.165, 1.54) is 181 Å². The molecule has 0 aliphatic carbocycles. The number of rotatable bonds is 14. The highest BCUT2D eigenvalue weighted by molar-refractivity contribution is 9.11. The van der Waals surface area contributed by atoms with E-state index in [1.54, 1.807) is 0 Å². The van der Waals surface area contributed by atoms with Gasteiger partial charge in [0.1, 0.15) is 0 Å². The molecular weight excluding hydrogens is 1610 g/mol. The summed E-state index contributed by atoms with van der Waals surface area (Å²) in [5.41, 5.74) is 35.0. The van der Waals surface area contributed by atoms with E-state index in [2.05, 4.69) is 498 Å². The Hall–Kier alpha value is -13.7. The zero-order chi connectivity index (χ0) is 83.6. The lowest BCUT2D eigenvalue weighted by atomic mass is 9.92. The zero-order valence-corrected chi connectivity index (χ0v) is 73.4. The SMILES string of the molecule is Brc1cc2c3ccccc3c(Br)cc2c2ccccc12.Cc1ccc(N(c2ccc(-c3ccc(-c4ccccc4)cc3)cc2C)c2cc3c4ccccc4c(N(c4ccc(C)cc4C)c4ccc(-c5ccc(-c6ccccc6)cc5)cc4C)cc3c3ccccc23)c(C)c1.Cc1ccc(Nc2ccc(-c3ccc(-c4ccccc4)cc3)cc2C)c(C)c1. The first-order chi connectivity index (χ1) is 59.5. The average molecular weight is 1700 g/mol. The van der Waals surface area contributed by atoms with Gasteiger partial charge in [-0.15, -0.1) is 0 Å². The van der Waals surface area contributed by atoms with Crippen molar-refractivity contribution in [1.29, 1.82) is 0 Å². The molecule has 1 N–H and O–H groups in total. The standard InChI is InChI=1S/C72H58N2.C27H25N.C18H10Br2/c1-47-25-37-67(49(3)41-47)73(69-39-35-59(43-51(69)5)57-31-27-55(28-32-57)53-17-9-7-10-18-53)71-45-65-62-22-14-16-24-64(62)72(46-66(65)61-21-13-15-23-63(61)71)74(68-38-26-48(2)42-50(68)4)70-40-36-60(44-52(70)6)58-33-29-56(30-34-58)54-19-11-8-12-20-54;1-19-9-15-26(20(2)17-19)28-27-16-14-25(18-21(27)3)24-12-10-23(11-13-24)22-7-5-4-6-8-22;19-17-10-16-12-6-2-4-8-14(12)18(20)9-15(16)11-5-1-3-7-13(11)17/h7-46H,1-6H3;4-18,28H,1-3H3;1-10H. The van der Waals surface area contributed by atoms with Crippen LogP contribution in [-0.4, -0.2) is 0 Å². The Bertz CT molecular complexity index is 6970. The minimum Gasteiger partial charge on any atom is -0.355 e. The van der Waals surface area contributed by atoms with Gasteiger partial charge in [0.05, 0.1) is 11.4 Å². The van der Waals surface area contributed by atoms with Crippen molar-refractivity contribution in [2.24, 2.45) is 0 Å². The molecule has 0 spiro atoms. The minimum absolute atomic E-state index is 1.15. The number of fused-ring (bicyclic) bond motifs is 10. The van der Waals surface area contributed by atoms with Crippen LogP contribution in [0, 0.1) is 62.3 Å². The Morgan fingerprint density at radius 3 is 0.705 bits per heavy atom. The van der Waals surface area contributed by atoms with Crippen LogP contribution < -0.4 is 15.1 Å². The van der Waals surface area contributed by atoms with Crippen molar-refractivity contribution in [3.63, 3.8) is 0 Å². The molecule has 0 radical (unpaired) electrons. The van der Waals surface area contributed by atoms with Crippen molar-refractivity contribution in [2.75, 3.05) is 15.1 Å². The van der Waals surface area contributed by atoms with E-state index in [-0.39, 0.29) is 0 Å². The summed E-state index contributed by atoms with van der Waals surface area (Å²) in [5, 5.41) is 18.4. The van der Waals surface area contributed by atoms with Gasteiger partial charge in [-0.2, -0.15) is 0 Å². The molecular formula is C117H93Br2N3. The quantitative estimate of drug-likeness (QED) is 0.110. The molecule has 0 fully saturated rings. The Balaban J connectivity index is 0.000000170. The monoisotopic (exact) mass is 1700 g/mol. The molecule has 0 saturated carbocycles. The van der Waals surface area contributed by atoms with Crippen molar-refractivity contribution < 1.29 is 0 Å². The van der Waals surface area contributed by atoms with Gasteiger partial charge in [-0.25, -0.2) is 0 Å². The fraction of sp³-hybridized carbons (Fsp3) is 0.0769. The molecule has 0 unspecified atom stereocenters. The van der Waals surface area contributed by atoms with Gasteiger partial charge in [0.15, 0.2) is 0 Å². The third-order valence-electron chi connectivity index (χ3n) is 24.0. The summed E-state index contributed by atoms with van der Waals surface area (Å²) in [4.78, 5) is 5.03. The second-order valence-corrected chi connectivity index (χ2v) is 34.1. The molecule has 0 aromatic heterocycles. The van der Waals surface area contributed by atoms with Gasteiger partial charge < -0.3 is 15.1 Å². The van der Waals surface area contributed by atoms with Gasteiger partial charge in [0.25, 0.3) is 0 Å². The lowest BCUT2D eigenvalue weighted by Gasteiger charge is -2.32. The molecule has 20 aromatic rings. The topological polar surface area (TPSA) is 18.5 Å². The first kappa shape index (κ1) is 79.4. The van der Waals surface area contributed by atoms with Crippen molar-refractivity contribution >= 4 is 142 Å². The van der Waals surface area contributed by atoms with E-state index < -0.39 is 0 Å². The molecule has 0 saturated heterocycles. The summed E-state index contributed by atoms with van der Waals surface area (Å²) in [6, 6.07) is 144. The van der Waals surface area contributed by atoms with Crippen molar-refractivity contribution in [2.45, 2.75) is 62.3 Å². The molecule has 590 valence electrons. The molecule has 20 aromatic carbocycles. The predicted octanol–water partition coefficient (Wildman–Crippen LogP) is 35.0. The largest absolute Gasteiger partial charge is 0.355 e. The van der Waals surface area contributed by atoms with E-state index in [0.29, 0.717) is 0 Å². The summed E-state index contributed by atoms with van der Waals surface area (Å²) >= 11 is 7.42. The third-order valence-corrected chi connectivity index (χ3v) is 25.3. The van der Waals surface area contributed by atoms with Crippen LogP contribution in [0.1, 0.15) is 50.1 Å². The number of benzene rings is 20. The molecule has 20 rings (SSSR count). The van der Waals surface area contributed by atoms with Crippen LogP contribution in [0.4, 0.5) is 45.5 Å². The van der Waals surface area contributed by atoms with E-state index in [0.717, 1.165) is 54.4 Å². The molecule has 0 atom stereocenters. The summed E-state index contributed by atoms with van der Waals surface area (Å²) in [6.45, 7) is 19.8. The molecule has 0 heterocycles. The maximum atomic E-state index is 3.71. The molecule has 3 nitrogen and oxygen atoms in total. The van der Waals surface area contributed by atoms with Gasteiger partial charge in [-0.05, 0) is 295 Å². The second-order valence-electron chi connectivity index (χ2n) is 32.4. The maximum absolute atomic E-state index is 3.71. The van der Waals surface area contributed by atoms with Gasteiger partial charge in [0, 0.05) is 53.8 Å². The zero-order valence-electron chi connectivity index (χ0n) is 70.2.